The van der Waals surface area contributed by atoms with Crippen molar-refractivity contribution in [2.45, 2.75) is 31.3 Å². The lowest BCUT2D eigenvalue weighted by molar-refractivity contribution is -0.126. The minimum absolute atomic E-state index is 0.119. The fraction of sp³-hybridized carbons (Fsp3) is 0.438. The molecule has 0 aromatic carbocycles. The van der Waals surface area contributed by atoms with Gasteiger partial charge >= 0.3 is 0 Å². The minimum Gasteiger partial charge on any atom is -0.461 e. The molecule has 3 rings (SSSR count). The van der Waals surface area contributed by atoms with Crippen molar-refractivity contribution >= 4 is 17.7 Å². The maximum Gasteiger partial charge on any atom is 0.237 e. The van der Waals surface area contributed by atoms with Gasteiger partial charge in [-0.1, -0.05) is 17.8 Å². The van der Waals surface area contributed by atoms with E-state index in [9.17, 15) is 4.79 Å². The van der Waals surface area contributed by atoms with Crippen molar-refractivity contribution in [2.24, 2.45) is 7.05 Å². The average Bonchev–Trinajstić information content (AvgIpc) is 3.28. The largest absolute Gasteiger partial charge is 0.461 e. The van der Waals surface area contributed by atoms with Gasteiger partial charge in [0.2, 0.25) is 5.91 Å². The molecule has 0 saturated heterocycles. The van der Waals surface area contributed by atoms with E-state index in [0.717, 1.165) is 25.0 Å². The maximum atomic E-state index is 12.5. The zero-order chi connectivity index (χ0) is 16.2. The summed E-state index contributed by atoms with van der Waals surface area (Å²) in [5.74, 6) is 1.81. The van der Waals surface area contributed by atoms with Gasteiger partial charge in [0.1, 0.15) is 0 Å². The van der Waals surface area contributed by atoms with E-state index in [1.54, 1.807) is 6.26 Å². The quantitative estimate of drug-likeness (QED) is 0.761. The van der Waals surface area contributed by atoms with Gasteiger partial charge in [-0.3, -0.25) is 4.79 Å². The molecule has 1 aliphatic rings. The molecule has 2 aromatic rings. The lowest BCUT2D eigenvalue weighted by Crippen LogP contribution is -2.31. The number of hydrogen-bond acceptors (Lipinski definition) is 5. The third-order valence-electron chi connectivity index (χ3n) is 3.88. The summed E-state index contributed by atoms with van der Waals surface area (Å²) in [5, 5.41) is 9.01. The molecule has 0 aliphatic heterocycles. The maximum absolute atomic E-state index is 12.5. The van der Waals surface area contributed by atoms with Crippen LogP contribution < -0.4 is 0 Å². The van der Waals surface area contributed by atoms with E-state index in [2.05, 4.69) is 16.3 Å². The zero-order valence-corrected chi connectivity index (χ0v) is 14.2. The molecule has 2 aromatic heterocycles. The van der Waals surface area contributed by atoms with Crippen LogP contribution in [0.3, 0.4) is 0 Å². The molecule has 0 radical (unpaired) electrons. The lowest BCUT2D eigenvalue weighted by Gasteiger charge is -2.21. The smallest absolute Gasteiger partial charge is 0.237 e. The molecule has 7 heteroatoms. The van der Waals surface area contributed by atoms with Crippen LogP contribution in [0.2, 0.25) is 0 Å². The highest BCUT2D eigenvalue weighted by atomic mass is 32.2. The van der Waals surface area contributed by atoms with E-state index >= 15 is 0 Å². The number of nitrogens with zero attached hydrogens (tertiary/aromatic N) is 4. The molecule has 1 amide bonds. The van der Waals surface area contributed by atoms with Crippen molar-refractivity contribution in [2.75, 3.05) is 12.3 Å². The summed E-state index contributed by atoms with van der Waals surface area (Å²) in [7, 11) is 1.88. The summed E-state index contributed by atoms with van der Waals surface area (Å²) in [6.07, 6.45) is 6.99. The molecule has 6 nitrogen and oxygen atoms in total. The molecular formula is C16H20N4O2S. The Balaban J connectivity index is 1.65. The van der Waals surface area contributed by atoms with E-state index in [1.807, 2.05) is 35.6 Å². The number of carbonyl (C=O) groups is 1. The Morgan fingerprint density at radius 2 is 2.35 bits per heavy atom. The molecule has 0 bridgehead atoms. The number of furan rings is 1. The molecule has 0 saturated carbocycles. The first-order valence-corrected chi connectivity index (χ1v) is 8.74. The summed E-state index contributed by atoms with van der Waals surface area (Å²) in [6, 6.07) is 3.66. The van der Waals surface area contributed by atoms with Gasteiger partial charge in [-0.25, -0.2) is 0 Å². The normalized spacial score (nSPS) is 14.1. The summed E-state index contributed by atoms with van der Waals surface area (Å²) in [6.45, 7) is 2.72. The van der Waals surface area contributed by atoms with Gasteiger partial charge in [0, 0.05) is 19.3 Å². The van der Waals surface area contributed by atoms with Crippen LogP contribution in [0.5, 0.6) is 0 Å². The Bertz CT molecular complexity index is 706. The fourth-order valence-electron chi connectivity index (χ4n) is 2.70. The average molecular weight is 332 g/mol. The van der Waals surface area contributed by atoms with Crippen LogP contribution >= 0.6 is 11.8 Å². The van der Waals surface area contributed by atoms with Crippen molar-refractivity contribution in [3.05, 3.63) is 30.2 Å². The van der Waals surface area contributed by atoms with Crippen molar-refractivity contribution in [3.63, 3.8) is 0 Å². The van der Waals surface area contributed by atoms with E-state index in [4.69, 9.17) is 4.42 Å². The Morgan fingerprint density at radius 3 is 3.00 bits per heavy atom. The molecule has 23 heavy (non-hydrogen) atoms. The van der Waals surface area contributed by atoms with E-state index in [-0.39, 0.29) is 5.91 Å². The van der Waals surface area contributed by atoms with Gasteiger partial charge in [0.15, 0.2) is 16.7 Å². The van der Waals surface area contributed by atoms with Gasteiger partial charge < -0.3 is 13.9 Å². The number of allylic oxidation sites excluding steroid dienone is 2. The SMILES string of the molecule is CCN(C(=O)CSc1nnc(-c2ccco2)n1C)C1=CCCC1. The second kappa shape index (κ2) is 7.04. The van der Waals surface area contributed by atoms with Gasteiger partial charge in [-0.05, 0) is 38.3 Å². The van der Waals surface area contributed by atoms with Crippen LogP contribution in [-0.4, -0.2) is 37.9 Å². The van der Waals surface area contributed by atoms with Crippen LogP contribution in [-0.2, 0) is 11.8 Å². The molecule has 0 fully saturated rings. The Labute approximate surface area is 139 Å². The second-order valence-electron chi connectivity index (χ2n) is 5.36. The standard InChI is InChI=1S/C16H20N4O2S/c1-3-20(12-7-4-5-8-12)14(21)11-23-16-18-17-15(19(16)2)13-9-6-10-22-13/h6-7,9-10H,3-5,8,11H2,1-2H3. The van der Waals surface area contributed by atoms with Crippen molar-refractivity contribution in [1.29, 1.82) is 0 Å². The van der Waals surface area contributed by atoms with E-state index in [1.165, 1.54) is 11.8 Å². The summed E-state index contributed by atoms with van der Waals surface area (Å²) >= 11 is 1.40. The van der Waals surface area contributed by atoms with E-state index in [0.29, 0.717) is 29.0 Å². The predicted molar refractivity (Wildman–Crippen MR) is 88.8 cm³/mol. The van der Waals surface area contributed by atoms with Gasteiger partial charge in [-0.15, -0.1) is 10.2 Å². The van der Waals surface area contributed by atoms with Crippen LogP contribution in [0.1, 0.15) is 26.2 Å². The third kappa shape index (κ3) is 3.34. The molecule has 122 valence electrons. The molecule has 2 heterocycles. The zero-order valence-electron chi connectivity index (χ0n) is 13.4. The monoisotopic (exact) mass is 332 g/mol. The number of hydrogen-bond donors (Lipinski definition) is 0. The Kier molecular flexibility index (Phi) is 4.85. The van der Waals surface area contributed by atoms with Crippen LogP contribution in [0.15, 0.2) is 39.7 Å². The summed E-state index contributed by atoms with van der Waals surface area (Å²) < 4.78 is 7.20. The molecule has 1 aliphatic carbocycles. The number of rotatable bonds is 6. The van der Waals surface area contributed by atoms with Crippen molar-refractivity contribution in [3.8, 4) is 11.6 Å². The topological polar surface area (TPSA) is 64.2 Å². The number of thioether (sulfide) groups is 1. The molecular weight excluding hydrogens is 312 g/mol. The highest BCUT2D eigenvalue weighted by Gasteiger charge is 2.20. The van der Waals surface area contributed by atoms with Crippen molar-refractivity contribution < 1.29 is 9.21 Å². The first kappa shape index (κ1) is 15.9. The summed E-state index contributed by atoms with van der Waals surface area (Å²) in [5.41, 5.74) is 1.16. The number of carbonyl (C=O) groups excluding carboxylic acids is 1. The Hall–Kier alpha value is -2.02. The summed E-state index contributed by atoms with van der Waals surface area (Å²) in [4.78, 5) is 14.3. The number of aromatic nitrogens is 3. The molecule has 0 spiro atoms. The highest BCUT2D eigenvalue weighted by molar-refractivity contribution is 7.99. The van der Waals surface area contributed by atoms with Gasteiger partial charge in [0.05, 0.1) is 12.0 Å². The van der Waals surface area contributed by atoms with Crippen LogP contribution in [0, 0.1) is 0 Å². The molecule has 0 atom stereocenters. The Morgan fingerprint density at radius 1 is 1.48 bits per heavy atom. The van der Waals surface area contributed by atoms with Gasteiger partial charge in [-0.2, -0.15) is 0 Å². The second-order valence-corrected chi connectivity index (χ2v) is 6.30. The van der Waals surface area contributed by atoms with Crippen molar-refractivity contribution in [1.82, 2.24) is 19.7 Å². The van der Waals surface area contributed by atoms with E-state index < -0.39 is 0 Å². The van der Waals surface area contributed by atoms with Gasteiger partial charge in [0.25, 0.3) is 0 Å². The first-order valence-electron chi connectivity index (χ1n) is 7.76. The van der Waals surface area contributed by atoms with Crippen LogP contribution in [0.4, 0.5) is 0 Å². The van der Waals surface area contributed by atoms with Crippen LogP contribution in [0.25, 0.3) is 11.6 Å². The number of amides is 1. The highest BCUT2D eigenvalue weighted by Crippen LogP contribution is 2.25. The fourth-order valence-corrected chi connectivity index (χ4v) is 3.49. The lowest BCUT2D eigenvalue weighted by atomic mass is 10.3. The third-order valence-corrected chi connectivity index (χ3v) is 4.89. The molecule has 0 N–H and O–H groups in total. The predicted octanol–water partition coefficient (Wildman–Crippen LogP) is 3.08. The minimum atomic E-state index is 0.119. The molecule has 0 unspecified atom stereocenters. The first-order chi connectivity index (χ1) is 11.2.